The number of hydrogen-bond donors (Lipinski definition) is 5. The molecule has 6 aromatic heterocycles. The van der Waals surface area contributed by atoms with Gasteiger partial charge in [0.05, 0.1) is 49.9 Å². The first-order chi connectivity index (χ1) is 24.9. The fraction of sp³-hybridized carbons (Fsp3) is 0.286. The topological polar surface area (TPSA) is 352 Å². The molecule has 0 aromatic carbocycles. The van der Waals surface area contributed by atoms with Crippen LogP contribution in [0, 0.1) is 15.5 Å². The number of esters is 2. The summed E-state index contributed by atoms with van der Waals surface area (Å²) in [4.78, 5) is 65.7. The highest BCUT2D eigenvalue weighted by molar-refractivity contribution is 6.33. The summed E-state index contributed by atoms with van der Waals surface area (Å²) >= 11 is 5.74. The lowest BCUT2D eigenvalue weighted by Gasteiger charge is -1.93. The normalized spacial score (nSPS) is 9.33. The van der Waals surface area contributed by atoms with Crippen molar-refractivity contribution in [2.24, 2.45) is 33.9 Å². The van der Waals surface area contributed by atoms with Crippen molar-refractivity contribution in [1.29, 1.82) is 5.41 Å². The van der Waals surface area contributed by atoms with Crippen molar-refractivity contribution in [3.05, 3.63) is 74.5 Å². The zero-order chi connectivity index (χ0) is 40.4. The first-order valence-corrected chi connectivity index (χ1v) is 14.5. The van der Waals surface area contributed by atoms with E-state index in [0.717, 1.165) is 32.1 Å². The van der Waals surface area contributed by atoms with Crippen LogP contribution in [-0.4, -0.2) is 108 Å². The molecule has 0 unspecified atom stereocenters. The standard InChI is InChI=1S/C6H5ClN4.C6H6N4O.C6H7N3O4.C6H9N3O2.C2H4O2.CH4N2.CH4/c1-11-2-4-5(10-11)6(7)9-3-8-4;1-10-2-4-5(9-10)6(11)8-3-7-4;1-8-3-4(9(11)12)5(7-8)6(10)13-2;1-9-3-4(7)5(8-9)6(10)11-2;1-2(3)4;2-1-3;/h2-3H,1H3;2-3H,1H3,(H,7,8,11);3H,1-2H3;3H,7H2,1-2H3;1H3,(H,3,4);1H,(H3,2,3);1H4. The molecule has 0 spiro atoms. The Hall–Kier alpha value is -7.31. The van der Waals surface area contributed by atoms with Gasteiger partial charge < -0.3 is 31.0 Å². The molecular formula is C28H39ClN16O9. The molecule has 6 aromatic rings. The summed E-state index contributed by atoms with van der Waals surface area (Å²) in [6.07, 6.45) is 9.73. The summed E-state index contributed by atoms with van der Waals surface area (Å²) < 4.78 is 14.6. The first kappa shape index (κ1) is 46.7. The predicted molar refractivity (Wildman–Crippen MR) is 194 cm³/mol. The van der Waals surface area contributed by atoms with Gasteiger partial charge >= 0.3 is 17.6 Å². The van der Waals surface area contributed by atoms with Gasteiger partial charge in [0.15, 0.2) is 16.4 Å². The molecule has 0 amide bonds. The molecule has 0 bridgehead atoms. The van der Waals surface area contributed by atoms with Crippen molar-refractivity contribution in [3.63, 3.8) is 0 Å². The number of ether oxygens (including phenoxy) is 2. The molecule has 0 saturated carbocycles. The maximum atomic E-state index is 11.0. The number of halogens is 1. The molecule has 0 aliphatic carbocycles. The maximum Gasteiger partial charge on any atom is 0.365 e. The average Bonchev–Trinajstić information content (AvgIpc) is 3.86. The number of nitrogen functional groups attached to an aromatic ring is 1. The molecule has 26 heteroatoms. The van der Waals surface area contributed by atoms with E-state index in [0.29, 0.717) is 27.4 Å². The second-order valence-corrected chi connectivity index (χ2v) is 9.90. The Kier molecular flexibility index (Phi) is 19.5. The third-order valence-corrected chi connectivity index (χ3v) is 5.69. The van der Waals surface area contributed by atoms with Crippen LogP contribution in [0.3, 0.4) is 0 Å². The van der Waals surface area contributed by atoms with E-state index < -0.39 is 22.8 Å². The SMILES string of the molecule is C.CC(=O)O.COC(=O)c1nn(C)cc1N.COC(=O)c1nn(C)cc1[N+](=O)[O-].Cn1cc2nc[nH]c(=O)c2n1.Cn1cc2ncnc(Cl)c2n1.N=CN. The quantitative estimate of drug-likeness (QED) is 0.0415. The van der Waals surface area contributed by atoms with E-state index in [1.165, 1.54) is 36.2 Å². The van der Waals surface area contributed by atoms with E-state index in [2.05, 4.69) is 55.5 Å². The summed E-state index contributed by atoms with van der Waals surface area (Å²) in [5, 5.41) is 39.5. The van der Waals surface area contributed by atoms with Gasteiger partial charge in [-0.3, -0.25) is 43.8 Å². The maximum absolute atomic E-state index is 11.0. The van der Waals surface area contributed by atoms with Gasteiger partial charge in [-0.2, -0.15) is 20.4 Å². The van der Waals surface area contributed by atoms with Gasteiger partial charge in [-0.1, -0.05) is 19.0 Å². The van der Waals surface area contributed by atoms with E-state index >= 15 is 0 Å². The number of aromatic nitrogens is 12. The summed E-state index contributed by atoms with van der Waals surface area (Å²) in [5.74, 6) is -2.16. The number of aromatic amines is 1. The Balaban J connectivity index is 0.000000652. The van der Waals surface area contributed by atoms with E-state index in [-0.39, 0.29) is 30.1 Å². The van der Waals surface area contributed by atoms with Crippen molar-refractivity contribution in [1.82, 2.24) is 59.1 Å². The number of nitrogens with two attached hydrogens (primary N) is 2. The molecule has 7 N–H and O–H groups in total. The second kappa shape index (κ2) is 22.5. The second-order valence-electron chi connectivity index (χ2n) is 9.54. The number of carbonyl (C=O) groups excluding carboxylic acids is 2. The molecule has 54 heavy (non-hydrogen) atoms. The van der Waals surface area contributed by atoms with Crippen molar-refractivity contribution in [2.75, 3.05) is 20.0 Å². The van der Waals surface area contributed by atoms with Crippen LogP contribution in [0.4, 0.5) is 11.4 Å². The average molecular weight is 779 g/mol. The van der Waals surface area contributed by atoms with E-state index in [1.54, 1.807) is 42.0 Å². The van der Waals surface area contributed by atoms with E-state index in [4.69, 9.17) is 32.6 Å². The number of nitro groups is 1. The van der Waals surface area contributed by atoms with Crippen molar-refractivity contribution < 1.29 is 33.9 Å². The van der Waals surface area contributed by atoms with Gasteiger partial charge in [0.2, 0.25) is 5.69 Å². The minimum atomic E-state index is -0.833. The lowest BCUT2D eigenvalue weighted by Crippen LogP contribution is -2.05. The summed E-state index contributed by atoms with van der Waals surface area (Å²) in [6, 6.07) is 0. The van der Waals surface area contributed by atoms with Crippen LogP contribution in [-0.2, 0) is 42.5 Å². The highest BCUT2D eigenvalue weighted by atomic mass is 35.5. The lowest BCUT2D eigenvalue weighted by molar-refractivity contribution is -0.385. The Morgan fingerprint density at radius 3 is 1.78 bits per heavy atom. The first-order valence-electron chi connectivity index (χ1n) is 14.1. The van der Waals surface area contributed by atoms with Crippen LogP contribution < -0.4 is 17.0 Å². The monoisotopic (exact) mass is 778 g/mol. The minimum Gasteiger partial charge on any atom is -0.481 e. The highest BCUT2D eigenvalue weighted by Gasteiger charge is 2.25. The molecule has 0 fully saturated rings. The zero-order valence-electron chi connectivity index (χ0n) is 29.2. The molecule has 292 valence electrons. The van der Waals surface area contributed by atoms with Gasteiger partial charge in [0, 0.05) is 41.3 Å². The molecule has 6 heterocycles. The summed E-state index contributed by atoms with van der Waals surface area (Å²) in [7, 11) is 9.17. The number of H-pyrrole nitrogens is 1. The number of carboxylic acids is 1. The lowest BCUT2D eigenvalue weighted by atomic mass is 10.4. The number of nitrogens with one attached hydrogen (secondary N) is 2. The summed E-state index contributed by atoms with van der Waals surface area (Å²) in [5.41, 5.74) is 11.9. The molecular weight excluding hydrogens is 740 g/mol. The number of carbonyl (C=O) groups is 3. The van der Waals surface area contributed by atoms with Crippen molar-refractivity contribution in [3.8, 4) is 0 Å². The number of nitrogens with zero attached hydrogens (tertiary/aromatic N) is 12. The van der Waals surface area contributed by atoms with E-state index in [9.17, 15) is 24.5 Å². The molecule has 0 radical (unpaired) electrons. The molecule has 0 saturated heterocycles. The Bertz CT molecular complexity index is 2220. The van der Waals surface area contributed by atoms with Crippen LogP contribution in [0.2, 0.25) is 5.15 Å². The van der Waals surface area contributed by atoms with Crippen molar-refractivity contribution >= 4 is 69.3 Å². The number of aryl methyl sites for hydroxylation is 4. The van der Waals surface area contributed by atoms with Crippen LogP contribution >= 0.6 is 11.6 Å². The number of fused-ring (bicyclic) bond motifs is 2. The fourth-order valence-corrected chi connectivity index (χ4v) is 3.67. The molecule has 25 nitrogen and oxygen atoms in total. The molecule has 6 rings (SSSR count). The van der Waals surface area contributed by atoms with Crippen LogP contribution in [0.1, 0.15) is 35.3 Å². The molecule has 0 aliphatic heterocycles. The van der Waals surface area contributed by atoms with Gasteiger partial charge in [0.25, 0.3) is 11.5 Å². The van der Waals surface area contributed by atoms with Gasteiger partial charge in [-0.15, -0.1) is 0 Å². The number of rotatable bonds is 3. The Morgan fingerprint density at radius 1 is 0.889 bits per heavy atom. The molecule has 0 aliphatic rings. The predicted octanol–water partition coefficient (Wildman–Crippen LogP) is 0.856. The zero-order valence-corrected chi connectivity index (χ0v) is 29.9. The van der Waals surface area contributed by atoms with Gasteiger partial charge in [0.1, 0.15) is 29.1 Å². The van der Waals surface area contributed by atoms with Crippen molar-refractivity contribution in [2.45, 2.75) is 14.4 Å². The van der Waals surface area contributed by atoms with E-state index in [1.807, 2.05) is 7.05 Å². The molecule has 0 atom stereocenters. The highest BCUT2D eigenvalue weighted by Crippen LogP contribution is 2.17. The Morgan fingerprint density at radius 2 is 1.33 bits per heavy atom. The van der Waals surface area contributed by atoms with Crippen LogP contribution in [0.15, 0.2) is 42.2 Å². The number of aliphatic carboxylic acids is 1. The number of methoxy groups -OCH3 is 2. The van der Waals surface area contributed by atoms with Crippen LogP contribution in [0.25, 0.3) is 22.1 Å². The Labute approximate surface area is 310 Å². The van der Waals surface area contributed by atoms with Gasteiger partial charge in [-0.25, -0.2) is 24.5 Å². The third kappa shape index (κ3) is 14.5. The number of anilines is 1. The smallest absolute Gasteiger partial charge is 0.365 e. The number of hydrogen-bond acceptors (Lipinski definition) is 17. The minimum absolute atomic E-state index is 0. The number of carboxylic acid groups (broad SMARTS) is 1. The fourth-order valence-electron chi connectivity index (χ4n) is 3.49. The third-order valence-electron chi connectivity index (χ3n) is 5.42. The van der Waals surface area contributed by atoms with Crippen LogP contribution in [0.5, 0.6) is 0 Å². The summed E-state index contributed by atoms with van der Waals surface area (Å²) in [6.45, 7) is 1.08. The largest absolute Gasteiger partial charge is 0.481 e. The van der Waals surface area contributed by atoms with Gasteiger partial charge in [-0.05, 0) is 0 Å².